The third kappa shape index (κ3) is 4.31. The van der Waals surface area contributed by atoms with Crippen molar-refractivity contribution in [2.45, 2.75) is 0 Å². The summed E-state index contributed by atoms with van der Waals surface area (Å²) in [6, 6.07) is 49.3. The number of aromatic nitrogens is 4. The van der Waals surface area contributed by atoms with Crippen LogP contribution in [0.3, 0.4) is 0 Å². The van der Waals surface area contributed by atoms with E-state index in [2.05, 4.69) is 143 Å². The molecule has 0 atom stereocenters. The number of hydrogen-bond acceptors (Lipinski definition) is 4. The molecule has 0 amide bonds. The first kappa shape index (κ1) is 26.2. The molecule has 2 aromatic heterocycles. The predicted molar refractivity (Wildman–Crippen MR) is 189 cm³/mol. The van der Waals surface area contributed by atoms with Crippen LogP contribution >= 0.6 is 0 Å². The number of rotatable bonds is 4. The summed E-state index contributed by atoms with van der Waals surface area (Å²) in [5.41, 5.74) is 6.86. The van der Waals surface area contributed by atoms with Crippen molar-refractivity contribution in [2.24, 2.45) is 0 Å². The van der Waals surface area contributed by atoms with E-state index in [9.17, 15) is 0 Å². The van der Waals surface area contributed by atoms with E-state index in [1.165, 1.54) is 37.7 Å². The fourth-order valence-corrected chi connectivity index (χ4v) is 6.71. The second kappa shape index (κ2) is 10.7. The Balaban J connectivity index is 1.33. The van der Waals surface area contributed by atoms with Gasteiger partial charge in [-0.05, 0) is 60.8 Å². The second-order valence-electron chi connectivity index (χ2n) is 11.5. The maximum atomic E-state index is 5.27. The maximum absolute atomic E-state index is 5.27. The Morgan fingerprint density at radius 2 is 0.826 bits per heavy atom. The van der Waals surface area contributed by atoms with Gasteiger partial charge in [0, 0.05) is 34.6 Å². The summed E-state index contributed by atoms with van der Waals surface area (Å²) in [5, 5.41) is 9.77. The Bertz CT molecular complexity index is 2560. The molecule has 214 valence electrons. The summed E-state index contributed by atoms with van der Waals surface area (Å²) < 4.78 is 0. The van der Waals surface area contributed by atoms with Gasteiger partial charge in [-0.3, -0.25) is 0 Å². The molecule has 0 aliphatic carbocycles. The number of benzene rings is 7. The summed E-state index contributed by atoms with van der Waals surface area (Å²) in [4.78, 5) is 18.9. The number of hydrogen-bond donors (Lipinski definition) is 0. The van der Waals surface area contributed by atoms with Gasteiger partial charge in [0.2, 0.25) is 0 Å². The lowest BCUT2D eigenvalue weighted by molar-refractivity contribution is 1.17. The summed E-state index contributed by atoms with van der Waals surface area (Å²) in [6.45, 7) is 0. The van der Waals surface area contributed by atoms with Gasteiger partial charge in [0.25, 0.3) is 0 Å². The van der Waals surface area contributed by atoms with Crippen molar-refractivity contribution < 1.29 is 0 Å². The van der Waals surface area contributed by atoms with Crippen LogP contribution in [0.25, 0.3) is 88.1 Å². The summed E-state index contributed by atoms with van der Waals surface area (Å²) in [7, 11) is 0. The summed E-state index contributed by atoms with van der Waals surface area (Å²) in [6.07, 6.45) is 5.21. The lowest BCUT2D eigenvalue weighted by Gasteiger charge is -2.16. The zero-order valence-corrected chi connectivity index (χ0v) is 24.8. The topological polar surface area (TPSA) is 51.6 Å². The molecule has 7 aromatic carbocycles. The average Bonchev–Trinajstić information content (AvgIpc) is 3.15. The van der Waals surface area contributed by atoms with Crippen molar-refractivity contribution in [3.8, 4) is 45.0 Å². The van der Waals surface area contributed by atoms with Crippen LogP contribution in [0.5, 0.6) is 0 Å². The second-order valence-corrected chi connectivity index (χ2v) is 11.5. The molecule has 9 aromatic rings. The Morgan fingerprint density at radius 3 is 1.48 bits per heavy atom. The van der Waals surface area contributed by atoms with E-state index < -0.39 is 0 Å². The first-order valence-corrected chi connectivity index (χ1v) is 15.4. The van der Waals surface area contributed by atoms with Crippen molar-refractivity contribution in [2.75, 3.05) is 0 Å². The van der Waals surface area contributed by atoms with Crippen molar-refractivity contribution in [1.29, 1.82) is 0 Å². The minimum Gasteiger partial charge on any atom is -0.244 e. The molecule has 0 aliphatic heterocycles. The molecule has 0 unspecified atom stereocenters. The van der Waals surface area contributed by atoms with Gasteiger partial charge < -0.3 is 0 Å². The highest BCUT2D eigenvalue weighted by molar-refractivity contribution is 6.32. The van der Waals surface area contributed by atoms with E-state index in [-0.39, 0.29) is 0 Å². The molecule has 0 fully saturated rings. The van der Waals surface area contributed by atoms with Gasteiger partial charge in [-0.2, -0.15) is 0 Å². The Hall–Kier alpha value is -6.26. The van der Waals surface area contributed by atoms with Crippen LogP contribution in [0.4, 0.5) is 0 Å². The molecule has 9 rings (SSSR count). The van der Waals surface area contributed by atoms with Gasteiger partial charge in [-0.1, -0.05) is 127 Å². The molecule has 4 nitrogen and oxygen atoms in total. The molecule has 0 saturated carbocycles. The zero-order valence-electron chi connectivity index (χ0n) is 24.8. The standard InChI is InChI=1S/C42H26N4/c1-2-10-28(11-3-1)39-23-40(29-20-18-27(19-21-29)30-24-43-26-44-25-30)46-42(45-39)38-22-37-33-14-5-4-12-31(33)32-13-6-8-16-35(32)41(37)36-17-9-7-15-34(36)38/h1-26H. The van der Waals surface area contributed by atoms with E-state index in [0.29, 0.717) is 5.82 Å². The highest BCUT2D eigenvalue weighted by Crippen LogP contribution is 2.42. The Morgan fingerprint density at radius 1 is 0.348 bits per heavy atom. The lowest BCUT2D eigenvalue weighted by Crippen LogP contribution is -1.97. The van der Waals surface area contributed by atoms with E-state index >= 15 is 0 Å². The fraction of sp³-hybridized carbons (Fsp3) is 0. The SMILES string of the molecule is c1ccc(-c2cc(-c3ccc(-c4cncnc4)cc3)nc(-c3cc4c5ccccc5c5ccccc5c4c4ccccc34)n2)cc1. The summed E-state index contributed by atoms with van der Waals surface area (Å²) >= 11 is 0. The molecule has 0 radical (unpaired) electrons. The van der Waals surface area contributed by atoms with E-state index in [4.69, 9.17) is 9.97 Å². The monoisotopic (exact) mass is 586 g/mol. The van der Waals surface area contributed by atoms with E-state index in [1.54, 1.807) is 6.33 Å². The Labute approximate surface area is 265 Å². The molecule has 0 N–H and O–H groups in total. The third-order valence-corrected chi connectivity index (χ3v) is 8.86. The zero-order chi connectivity index (χ0) is 30.5. The first-order valence-electron chi connectivity index (χ1n) is 15.4. The van der Waals surface area contributed by atoms with Gasteiger partial charge in [0.15, 0.2) is 5.82 Å². The van der Waals surface area contributed by atoms with Crippen LogP contribution in [0.15, 0.2) is 158 Å². The molecule has 46 heavy (non-hydrogen) atoms. The van der Waals surface area contributed by atoms with Crippen molar-refractivity contribution in [3.05, 3.63) is 158 Å². The van der Waals surface area contributed by atoms with Crippen LogP contribution in [0, 0.1) is 0 Å². The van der Waals surface area contributed by atoms with Gasteiger partial charge >= 0.3 is 0 Å². The molecule has 2 heterocycles. The van der Waals surface area contributed by atoms with Gasteiger partial charge in [-0.25, -0.2) is 19.9 Å². The Kier molecular flexibility index (Phi) is 6.10. The quantitative estimate of drug-likeness (QED) is 0.193. The van der Waals surface area contributed by atoms with Gasteiger partial charge in [0.05, 0.1) is 11.4 Å². The lowest BCUT2D eigenvalue weighted by atomic mass is 9.89. The largest absolute Gasteiger partial charge is 0.244 e. The van der Waals surface area contributed by atoms with Crippen LogP contribution in [-0.4, -0.2) is 19.9 Å². The number of nitrogens with zero attached hydrogens (tertiary/aromatic N) is 4. The van der Waals surface area contributed by atoms with Gasteiger partial charge in [0.1, 0.15) is 6.33 Å². The molecule has 0 saturated heterocycles. The molecule has 0 aliphatic rings. The molecular formula is C42H26N4. The summed E-state index contributed by atoms with van der Waals surface area (Å²) in [5.74, 6) is 0.701. The van der Waals surface area contributed by atoms with Crippen molar-refractivity contribution in [3.63, 3.8) is 0 Å². The van der Waals surface area contributed by atoms with Crippen LogP contribution in [-0.2, 0) is 0 Å². The van der Waals surface area contributed by atoms with E-state index in [0.717, 1.165) is 44.6 Å². The maximum Gasteiger partial charge on any atom is 0.161 e. The molecule has 0 spiro atoms. The normalized spacial score (nSPS) is 11.5. The fourth-order valence-electron chi connectivity index (χ4n) is 6.71. The average molecular weight is 587 g/mol. The smallest absolute Gasteiger partial charge is 0.161 e. The minimum absolute atomic E-state index is 0.701. The highest BCUT2D eigenvalue weighted by atomic mass is 14.9. The number of fused-ring (bicyclic) bond motifs is 8. The van der Waals surface area contributed by atoms with Crippen LogP contribution in [0.2, 0.25) is 0 Å². The van der Waals surface area contributed by atoms with Crippen LogP contribution < -0.4 is 0 Å². The molecular weight excluding hydrogens is 560 g/mol. The molecule has 4 heteroatoms. The predicted octanol–water partition coefficient (Wildman–Crippen LogP) is 10.5. The van der Waals surface area contributed by atoms with Crippen LogP contribution in [0.1, 0.15) is 0 Å². The highest BCUT2D eigenvalue weighted by Gasteiger charge is 2.18. The minimum atomic E-state index is 0.701. The third-order valence-electron chi connectivity index (χ3n) is 8.86. The van der Waals surface area contributed by atoms with Crippen molar-refractivity contribution >= 4 is 43.1 Å². The van der Waals surface area contributed by atoms with E-state index in [1.807, 2.05) is 18.5 Å². The van der Waals surface area contributed by atoms with Gasteiger partial charge in [-0.15, -0.1) is 0 Å². The van der Waals surface area contributed by atoms with Crippen molar-refractivity contribution in [1.82, 2.24) is 19.9 Å². The first-order chi connectivity index (χ1) is 22.8. The molecule has 0 bridgehead atoms.